The molecule has 1 aliphatic heterocycles. The van der Waals surface area contributed by atoms with Gasteiger partial charge in [-0.25, -0.2) is 0 Å². The number of piperazine rings is 1. The zero-order chi connectivity index (χ0) is 12.4. The molecule has 0 spiro atoms. The molecule has 0 aromatic carbocycles. The first kappa shape index (κ1) is 12.1. The highest BCUT2D eigenvalue weighted by Crippen LogP contribution is 2.17. The molecule has 1 saturated heterocycles. The second-order valence-corrected chi connectivity index (χ2v) is 5.24. The van der Waals surface area contributed by atoms with Crippen molar-refractivity contribution in [3.63, 3.8) is 0 Å². The Bertz CT molecular complexity index is 416. The lowest BCUT2D eigenvalue weighted by molar-refractivity contribution is -0.131. The van der Waals surface area contributed by atoms with Crippen LogP contribution in [0, 0.1) is 0 Å². The minimum Gasteiger partial charge on any atom is -0.339 e. The minimum atomic E-state index is 0.0794. The van der Waals surface area contributed by atoms with Gasteiger partial charge < -0.3 is 9.80 Å². The fraction of sp³-hybridized carbons (Fsp3) is 0.500. The maximum Gasteiger partial charge on any atom is 0.264 e. The Labute approximate surface area is 105 Å². The van der Waals surface area contributed by atoms with Crippen LogP contribution in [0.5, 0.6) is 0 Å². The standard InChI is InChI=1S/C12H16N2O2S/c1-9-8-13(10(2)15)5-6-14(9)12(16)11-4-3-7-17-11/h3-4,7,9H,5-6,8H2,1-2H3. The average molecular weight is 252 g/mol. The molecule has 1 fully saturated rings. The first-order chi connectivity index (χ1) is 8.09. The minimum absolute atomic E-state index is 0.0794. The van der Waals surface area contributed by atoms with Crippen molar-refractivity contribution < 1.29 is 9.59 Å². The lowest BCUT2D eigenvalue weighted by Crippen LogP contribution is -2.54. The number of carbonyl (C=O) groups is 2. The van der Waals surface area contributed by atoms with E-state index in [0.717, 1.165) is 4.88 Å². The molecule has 1 aliphatic rings. The second-order valence-electron chi connectivity index (χ2n) is 4.29. The summed E-state index contributed by atoms with van der Waals surface area (Å²) in [6.45, 7) is 5.45. The lowest BCUT2D eigenvalue weighted by atomic mass is 10.2. The molecule has 1 atom stereocenters. The molecule has 2 heterocycles. The van der Waals surface area contributed by atoms with Crippen LogP contribution in [0.2, 0.25) is 0 Å². The van der Waals surface area contributed by atoms with Crippen molar-refractivity contribution in [3.05, 3.63) is 22.4 Å². The van der Waals surface area contributed by atoms with Crippen molar-refractivity contribution in [2.45, 2.75) is 19.9 Å². The maximum atomic E-state index is 12.2. The Balaban J connectivity index is 2.05. The number of nitrogens with zero attached hydrogens (tertiary/aromatic N) is 2. The monoisotopic (exact) mass is 252 g/mol. The fourth-order valence-corrected chi connectivity index (χ4v) is 2.77. The van der Waals surface area contributed by atoms with Crippen LogP contribution in [-0.4, -0.2) is 47.3 Å². The van der Waals surface area contributed by atoms with Gasteiger partial charge in [0.25, 0.3) is 5.91 Å². The van der Waals surface area contributed by atoms with Gasteiger partial charge >= 0.3 is 0 Å². The first-order valence-electron chi connectivity index (χ1n) is 5.69. The highest BCUT2D eigenvalue weighted by atomic mass is 32.1. The van der Waals surface area contributed by atoms with Crippen molar-refractivity contribution in [2.75, 3.05) is 19.6 Å². The molecule has 2 amide bonds. The molecule has 1 aromatic heterocycles. The number of carbonyl (C=O) groups excluding carboxylic acids is 2. The highest BCUT2D eigenvalue weighted by Gasteiger charge is 2.29. The first-order valence-corrected chi connectivity index (χ1v) is 6.57. The van der Waals surface area contributed by atoms with Crippen LogP contribution in [0.15, 0.2) is 17.5 Å². The van der Waals surface area contributed by atoms with Crippen molar-refractivity contribution in [3.8, 4) is 0 Å². The van der Waals surface area contributed by atoms with Crippen LogP contribution >= 0.6 is 11.3 Å². The second kappa shape index (κ2) is 4.87. The van der Waals surface area contributed by atoms with E-state index in [2.05, 4.69) is 0 Å². The van der Waals surface area contributed by atoms with Gasteiger partial charge in [-0.05, 0) is 18.4 Å². The molecule has 0 aliphatic carbocycles. The van der Waals surface area contributed by atoms with Gasteiger partial charge in [0.1, 0.15) is 0 Å². The average Bonchev–Trinajstić information content (AvgIpc) is 2.81. The quantitative estimate of drug-likeness (QED) is 0.759. The summed E-state index contributed by atoms with van der Waals surface area (Å²) in [5.41, 5.74) is 0. The van der Waals surface area contributed by atoms with Gasteiger partial charge in [-0.2, -0.15) is 0 Å². The Morgan fingerprint density at radius 3 is 2.71 bits per heavy atom. The summed E-state index contributed by atoms with van der Waals surface area (Å²) in [6, 6.07) is 3.81. The third kappa shape index (κ3) is 2.49. The van der Waals surface area contributed by atoms with Gasteiger partial charge in [0.15, 0.2) is 0 Å². The Kier molecular flexibility index (Phi) is 3.47. The van der Waals surface area contributed by atoms with E-state index in [9.17, 15) is 9.59 Å². The van der Waals surface area contributed by atoms with Gasteiger partial charge in [0, 0.05) is 32.6 Å². The highest BCUT2D eigenvalue weighted by molar-refractivity contribution is 7.12. The number of rotatable bonds is 1. The van der Waals surface area contributed by atoms with Crippen molar-refractivity contribution in [1.82, 2.24) is 9.80 Å². The van der Waals surface area contributed by atoms with E-state index in [4.69, 9.17) is 0 Å². The summed E-state index contributed by atoms with van der Waals surface area (Å²) in [5.74, 6) is 0.163. The number of amides is 2. The predicted octanol–water partition coefficient (Wildman–Crippen LogP) is 1.44. The summed E-state index contributed by atoms with van der Waals surface area (Å²) in [5, 5.41) is 1.91. The molecule has 0 saturated carbocycles. The predicted molar refractivity (Wildman–Crippen MR) is 67.1 cm³/mol. The Morgan fingerprint density at radius 1 is 1.41 bits per heavy atom. The number of hydrogen-bond acceptors (Lipinski definition) is 3. The van der Waals surface area contributed by atoms with Gasteiger partial charge in [-0.1, -0.05) is 6.07 Å². The van der Waals surface area contributed by atoms with Crippen molar-refractivity contribution in [1.29, 1.82) is 0 Å². The third-order valence-corrected chi connectivity index (χ3v) is 3.92. The van der Waals surface area contributed by atoms with Crippen molar-refractivity contribution >= 4 is 23.2 Å². The molecule has 17 heavy (non-hydrogen) atoms. The Morgan fingerprint density at radius 2 is 2.18 bits per heavy atom. The molecule has 92 valence electrons. The number of hydrogen-bond donors (Lipinski definition) is 0. The third-order valence-electron chi connectivity index (χ3n) is 3.07. The lowest BCUT2D eigenvalue weighted by Gasteiger charge is -2.39. The van der Waals surface area contributed by atoms with Gasteiger partial charge in [-0.3, -0.25) is 9.59 Å². The van der Waals surface area contributed by atoms with Crippen LogP contribution in [0.4, 0.5) is 0 Å². The SMILES string of the molecule is CC(=O)N1CCN(C(=O)c2cccs2)C(C)C1. The zero-order valence-electron chi connectivity index (χ0n) is 10.0. The molecule has 0 bridgehead atoms. The topological polar surface area (TPSA) is 40.6 Å². The van der Waals surface area contributed by atoms with E-state index < -0.39 is 0 Å². The van der Waals surface area contributed by atoms with E-state index in [1.54, 1.807) is 11.8 Å². The summed E-state index contributed by atoms with van der Waals surface area (Å²) in [6.07, 6.45) is 0. The van der Waals surface area contributed by atoms with Crippen LogP contribution in [0.1, 0.15) is 23.5 Å². The zero-order valence-corrected chi connectivity index (χ0v) is 10.9. The van der Waals surface area contributed by atoms with E-state index in [-0.39, 0.29) is 17.9 Å². The smallest absolute Gasteiger partial charge is 0.264 e. The van der Waals surface area contributed by atoms with Crippen molar-refractivity contribution in [2.24, 2.45) is 0 Å². The van der Waals surface area contributed by atoms with E-state index in [1.807, 2.05) is 29.3 Å². The maximum absolute atomic E-state index is 12.2. The summed E-state index contributed by atoms with van der Waals surface area (Å²) in [4.78, 5) is 27.9. The molecule has 4 nitrogen and oxygen atoms in total. The summed E-state index contributed by atoms with van der Waals surface area (Å²) >= 11 is 1.46. The number of thiophene rings is 1. The molecule has 2 rings (SSSR count). The Hall–Kier alpha value is -1.36. The fourth-order valence-electron chi connectivity index (χ4n) is 2.09. The molecular formula is C12H16N2O2S. The normalized spacial score (nSPS) is 20.5. The molecular weight excluding hydrogens is 236 g/mol. The van der Waals surface area contributed by atoms with Crippen LogP contribution in [0.25, 0.3) is 0 Å². The van der Waals surface area contributed by atoms with Gasteiger partial charge in [0.05, 0.1) is 4.88 Å². The summed E-state index contributed by atoms with van der Waals surface area (Å²) < 4.78 is 0. The molecule has 0 N–H and O–H groups in total. The molecule has 5 heteroatoms. The molecule has 1 aromatic rings. The van der Waals surface area contributed by atoms with E-state index >= 15 is 0 Å². The van der Waals surface area contributed by atoms with Crippen LogP contribution in [0.3, 0.4) is 0 Å². The van der Waals surface area contributed by atoms with Crippen LogP contribution in [-0.2, 0) is 4.79 Å². The molecule has 0 radical (unpaired) electrons. The van der Waals surface area contributed by atoms with E-state index in [0.29, 0.717) is 19.6 Å². The van der Waals surface area contributed by atoms with Gasteiger partial charge in [-0.15, -0.1) is 11.3 Å². The summed E-state index contributed by atoms with van der Waals surface area (Å²) in [7, 11) is 0. The van der Waals surface area contributed by atoms with E-state index in [1.165, 1.54) is 11.3 Å². The molecule has 1 unspecified atom stereocenters. The largest absolute Gasteiger partial charge is 0.339 e. The van der Waals surface area contributed by atoms with Gasteiger partial charge in [0.2, 0.25) is 5.91 Å². The van der Waals surface area contributed by atoms with Crippen LogP contribution < -0.4 is 0 Å².